The summed E-state index contributed by atoms with van der Waals surface area (Å²) in [6, 6.07) is 12.2. The molecule has 0 aliphatic carbocycles. The van der Waals surface area contributed by atoms with Crippen LogP contribution in [0.1, 0.15) is 36.8 Å². The molecule has 0 fully saturated rings. The number of ether oxygens (including phenoxy) is 1. The number of methoxy groups -OCH3 is 1. The Labute approximate surface area is 149 Å². The highest BCUT2D eigenvalue weighted by molar-refractivity contribution is 5.75. The van der Waals surface area contributed by atoms with Gasteiger partial charge in [0.05, 0.1) is 13.2 Å². The van der Waals surface area contributed by atoms with Gasteiger partial charge in [0.1, 0.15) is 5.75 Å². The van der Waals surface area contributed by atoms with E-state index in [-0.39, 0.29) is 12.1 Å². The normalized spacial score (nSPS) is 16.7. The van der Waals surface area contributed by atoms with Gasteiger partial charge in [-0.3, -0.25) is 0 Å². The second-order valence-corrected chi connectivity index (χ2v) is 6.94. The van der Waals surface area contributed by atoms with Gasteiger partial charge in [-0.15, -0.1) is 0 Å². The van der Waals surface area contributed by atoms with Crippen LogP contribution in [0.15, 0.2) is 36.4 Å². The highest BCUT2D eigenvalue weighted by atomic mass is 16.5. The number of benzene rings is 1. The lowest BCUT2D eigenvalue weighted by atomic mass is 9.97. The lowest BCUT2D eigenvalue weighted by Gasteiger charge is -2.39. The average Bonchev–Trinajstić information content (AvgIpc) is 3.00. The van der Waals surface area contributed by atoms with Gasteiger partial charge in [-0.25, -0.2) is 4.79 Å². The van der Waals surface area contributed by atoms with Gasteiger partial charge in [-0.1, -0.05) is 26.0 Å². The molecule has 2 aromatic rings. The van der Waals surface area contributed by atoms with Crippen LogP contribution in [0, 0.1) is 12.8 Å². The first-order valence-electron chi connectivity index (χ1n) is 8.84. The maximum absolute atomic E-state index is 12.8. The van der Waals surface area contributed by atoms with E-state index in [1.807, 2.05) is 29.2 Å². The lowest BCUT2D eigenvalue weighted by molar-refractivity contribution is 0.132. The molecule has 1 aliphatic rings. The van der Waals surface area contributed by atoms with Gasteiger partial charge < -0.3 is 19.5 Å². The zero-order valence-electron chi connectivity index (χ0n) is 15.5. The standard InChI is InChI=1S/C20H27N3O2/c1-14(2)19-18-9-8-15(3)22(18)10-11-23(19)20(24)21-13-16-6-5-7-17(12-16)25-4/h5-9,12,14,19H,10-11,13H2,1-4H3,(H,21,24). The smallest absolute Gasteiger partial charge is 0.318 e. The number of amides is 2. The molecule has 1 aliphatic heterocycles. The Balaban J connectivity index is 1.72. The number of aryl methyl sites for hydroxylation is 1. The number of nitrogens with one attached hydrogen (secondary N) is 1. The molecule has 0 saturated heterocycles. The molecule has 5 heteroatoms. The summed E-state index contributed by atoms with van der Waals surface area (Å²) in [4.78, 5) is 14.8. The highest BCUT2D eigenvalue weighted by Gasteiger charge is 2.33. The van der Waals surface area contributed by atoms with Crippen molar-refractivity contribution in [2.24, 2.45) is 5.92 Å². The first-order valence-corrected chi connectivity index (χ1v) is 8.84. The summed E-state index contributed by atoms with van der Waals surface area (Å²) in [6.07, 6.45) is 0. The third kappa shape index (κ3) is 3.50. The van der Waals surface area contributed by atoms with Crippen LogP contribution in [0.5, 0.6) is 5.75 Å². The second kappa shape index (κ2) is 7.21. The molecule has 2 heterocycles. The van der Waals surface area contributed by atoms with Gasteiger partial charge in [0.25, 0.3) is 0 Å². The van der Waals surface area contributed by atoms with E-state index in [4.69, 9.17) is 4.74 Å². The van der Waals surface area contributed by atoms with E-state index >= 15 is 0 Å². The van der Waals surface area contributed by atoms with Crippen molar-refractivity contribution in [3.63, 3.8) is 0 Å². The summed E-state index contributed by atoms with van der Waals surface area (Å²) < 4.78 is 7.57. The molecule has 1 atom stereocenters. The van der Waals surface area contributed by atoms with Gasteiger partial charge in [0.2, 0.25) is 0 Å². The summed E-state index contributed by atoms with van der Waals surface area (Å²) in [5, 5.41) is 3.06. The Hall–Kier alpha value is -2.43. The number of carbonyl (C=O) groups is 1. The minimum atomic E-state index is -0.00776. The van der Waals surface area contributed by atoms with Crippen molar-refractivity contribution in [1.29, 1.82) is 0 Å². The van der Waals surface area contributed by atoms with Crippen molar-refractivity contribution in [2.75, 3.05) is 13.7 Å². The number of fused-ring (bicyclic) bond motifs is 1. The van der Waals surface area contributed by atoms with E-state index in [0.29, 0.717) is 12.5 Å². The van der Waals surface area contributed by atoms with Gasteiger partial charge in [-0.2, -0.15) is 0 Å². The molecule has 3 rings (SSSR count). The molecule has 5 nitrogen and oxygen atoms in total. The Morgan fingerprint density at radius 3 is 2.80 bits per heavy atom. The van der Waals surface area contributed by atoms with Crippen molar-refractivity contribution >= 4 is 6.03 Å². The maximum Gasteiger partial charge on any atom is 0.318 e. The number of rotatable bonds is 4. The van der Waals surface area contributed by atoms with Crippen LogP contribution < -0.4 is 10.1 Å². The first-order chi connectivity index (χ1) is 12.0. The Morgan fingerprint density at radius 1 is 1.28 bits per heavy atom. The molecule has 2 amide bonds. The predicted octanol–water partition coefficient (Wildman–Crippen LogP) is 3.73. The number of nitrogens with zero attached hydrogens (tertiary/aromatic N) is 2. The summed E-state index contributed by atoms with van der Waals surface area (Å²) in [5.74, 6) is 1.16. The summed E-state index contributed by atoms with van der Waals surface area (Å²) in [6.45, 7) is 8.55. The van der Waals surface area contributed by atoms with Crippen LogP contribution in [0.25, 0.3) is 0 Å². The fraction of sp³-hybridized carbons (Fsp3) is 0.450. The second-order valence-electron chi connectivity index (χ2n) is 6.94. The monoisotopic (exact) mass is 341 g/mol. The van der Waals surface area contributed by atoms with Crippen LogP contribution in [-0.4, -0.2) is 29.2 Å². The molecule has 1 aromatic heterocycles. The Bertz CT molecular complexity index is 751. The van der Waals surface area contributed by atoms with E-state index in [2.05, 4.69) is 42.8 Å². The zero-order chi connectivity index (χ0) is 18.0. The zero-order valence-corrected chi connectivity index (χ0v) is 15.5. The fourth-order valence-electron chi connectivity index (χ4n) is 3.65. The van der Waals surface area contributed by atoms with Crippen molar-refractivity contribution in [2.45, 2.75) is 39.9 Å². The Kier molecular flexibility index (Phi) is 5.02. The van der Waals surface area contributed by atoms with E-state index < -0.39 is 0 Å². The van der Waals surface area contributed by atoms with Crippen LogP contribution >= 0.6 is 0 Å². The summed E-state index contributed by atoms with van der Waals surface area (Å²) in [5.41, 5.74) is 3.53. The fourth-order valence-corrected chi connectivity index (χ4v) is 3.65. The predicted molar refractivity (Wildman–Crippen MR) is 98.7 cm³/mol. The molecule has 1 N–H and O–H groups in total. The lowest BCUT2D eigenvalue weighted by Crippen LogP contribution is -2.48. The molecule has 0 bridgehead atoms. The third-order valence-electron chi connectivity index (χ3n) is 4.91. The quantitative estimate of drug-likeness (QED) is 0.921. The third-order valence-corrected chi connectivity index (χ3v) is 4.91. The first kappa shape index (κ1) is 17.4. The van der Waals surface area contributed by atoms with Gasteiger partial charge in [0.15, 0.2) is 0 Å². The molecule has 134 valence electrons. The molecule has 0 radical (unpaired) electrons. The van der Waals surface area contributed by atoms with E-state index in [9.17, 15) is 4.79 Å². The van der Waals surface area contributed by atoms with Gasteiger partial charge in [0, 0.05) is 31.0 Å². The molecular formula is C20H27N3O2. The van der Waals surface area contributed by atoms with Crippen LogP contribution in [0.2, 0.25) is 0 Å². The molecule has 1 aromatic carbocycles. The maximum atomic E-state index is 12.8. The van der Waals surface area contributed by atoms with E-state index in [1.165, 1.54) is 11.4 Å². The number of aromatic nitrogens is 1. The van der Waals surface area contributed by atoms with E-state index in [1.54, 1.807) is 7.11 Å². The summed E-state index contributed by atoms with van der Waals surface area (Å²) in [7, 11) is 1.65. The van der Waals surface area contributed by atoms with Crippen LogP contribution in [-0.2, 0) is 13.1 Å². The number of hydrogen-bond acceptors (Lipinski definition) is 2. The number of carbonyl (C=O) groups excluding carboxylic acids is 1. The molecule has 0 spiro atoms. The topological polar surface area (TPSA) is 46.5 Å². The average molecular weight is 341 g/mol. The molecule has 1 unspecified atom stereocenters. The highest BCUT2D eigenvalue weighted by Crippen LogP contribution is 2.33. The number of urea groups is 1. The van der Waals surface area contributed by atoms with Crippen LogP contribution in [0.3, 0.4) is 0 Å². The van der Waals surface area contributed by atoms with Crippen molar-refractivity contribution < 1.29 is 9.53 Å². The molecule has 25 heavy (non-hydrogen) atoms. The minimum absolute atomic E-state index is 0.00776. The Morgan fingerprint density at radius 2 is 2.08 bits per heavy atom. The van der Waals surface area contributed by atoms with Crippen molar-refractivity contribution in [3.8, 4) is 5.75 Å². The number of hydrogen-bond donors (Lipinski definition) is 1. The minimum Gasteiger partial charge on any atom is -0.497 e. The van der Waals surface area contributed by atoms with Crippen molar-refractivity contribution in [1.82, 2.24) is 14.8 Å². The van der Waals surface area contributed by atoms with E-state index in [0.717, 1.165) is 24.4 Å². The summed E-state index contributed by atoms with van der Waals surface area (Å²) >= 11 is 0. The van der Waals surface area contributed by atoms with Gasteiger partial charge >= 0.3 is 6.03 Å². The van der Waals surface area contributed by atoms with Gasteiger partial charge in [-0.05, 0) is 42.7 Å². The molecule has 0 saturated carbocycles. The van der Waals surface area contributed by atoms with Crippen molar-refractivity contribution in [3.05, 3.63) is 53.3 Å². The van der Waals surface area contributed by atoms with Crippen LogP contribution in [0.4, 0.5) is 4.79 Å². The SMILES string of the molecule is COc1cccc(CNC(=O)N2CCn3c(C)ccc3C2C(C)C)c1. The molecular weight excluding hydrogens is 314 g/mol. The largest absolute Gasteiger partial charge is 0.497 e.